The molecule has 0 radical (unpaired) electrons. The van der Waals surface area contributed by atoms with Gasteiger partial charge in [-0.3, -0.25) is 14.4 Å². The molecule has 3 N–H and O–H groups in total. The van der Waals surface area contributed by atoms with Gasteiger partial charge in [0.05, 0.1) is 13.0 Å². The molecule has 7 heteroatoms. The molecule has 0 saturated carbocycles. The van der Waals surface area contributed by atoms with E-state index in [0.29, 0.717) is 6.42 Å². The Kier molecular flexibility index (Phi) is 25.2. The quantitative estimate of drug-likeness (QED) is 0.0941. The minimum Gasteiger partial charge on any atom is -0.481 e. The molecule has 0 heterocycles. The number of carbonyl (C=O) groups excluding carboxylic acids is 2. The maximum Gasteiger partial charge on any atom is 0.305 e. The standard InChI is InChI=1S/C29H45NO6.C2H6/c1-4-5-6-7-8-9-10-11-12-13-14-15-16-17-18-19-20-21-26(33)36-24-29(2,3)27(34)28(35)30-23-22-25(31)32;1-2/h5-6,8-9,11-12,14-15,17-18,27,34H,4,7,10,13,16,19-24H2,1-3H3,(H,30,35)(H,31,32);1-2H3/b6-5-,9-8-,12-11-,15-14-,18-17-;. The van der Waals surface area contributed by atoms with Gasteiger partial charge in [-0.2, -0.15) is 0 Å². The summed E-state index contributed by atoms with van der Waals surface area (Å²) in [6.07, 6.45) is 26.2. The zero-order valence-electron chi connectivity index (χ0n) is 24.2. The minimum atomic E-state index is -1.42. The molecule has 0 aliphatic heterocycles. The zero-order chi connectivity index (χ0) is 29.1. The van der Waals surface area contributed by atoms with Crippen molar-refractivity contribution in [2.45, 2.75) is 98.5 Å². The van der Waals surface area contributed by atoms with Gasteiger partial charge in [0, 0.05) is 18.4 Å². The van der Waals surface area contributed by atoms with Crippen LogP contribution < -0.4 is 5.32 Å². The molecule has 0 aliphatic rings. The molecule has 1 amide bonds. The Hall–Kier alpha value is -2.93. The smallest absolute Gasteiger partial charge is 0.305 e. The second kappa shape index (κ2) is 25.7. The van der Waals surface area contributed by atoms with Crippen LogP contribution in [0.2, 0.25) is 0 Å². The maximum absolute atomic E-state index is 12.0. The third-order valence-electron chi connectivity index (χ3n) is 5.14. The van der Waals surface area contributed by atoms with Crippen LogP contribution in [0, 0.1) is 5.41 Å². The molecule has 0 rings (SSSR count). The summed E-state index contributed by atoms with van der Waals surface area (Å²) in [5.74, 6) is -2.10. The van der Waals surface area contributed by atoms with Crippen molar-refractivity contribution in [2.75, 3.05) is 13.2 Å². The topological polar surface area (TPSA) is 113 Å². The molecule has 1 atom stereocenters. The Balaban J connectivity index is 0. The first kappa shape index (κ1) is 37.2. The fourth-order valence-electron chi connectivity index (χ4n) is 2.89. The van der Waals surface area contributed by atoms with Crippen LogP contribution >= 0.6 is 0 Å². The number of amides is 1. The van der Waals surface area contributed by atoms with Crippen LogP contribution in [0.1, 0.15) is 92.4 Å². The van der Waals surface area contributed by atoms with Crippen molar-refractivity contribution in [2.24, 2.45) is 5.41 Å². The van der Waals surface area contributed by atoms with Crippen molar-refractivity contribution in [3.8, 4) is 0 Å². The highest BCUT2D eigenvalue weighted by Crippen LogP contribution is 2.22. The van der Waals surface area contributed by atoms with Crippen molar-refractivity contribution in [3.05, 3.63) is 60.8 Å². The Morgan fingerprint density at radius 3 is 1.76 bits per heavy atom. The number of esters is 1. The van der Waals surface area contributed by atoms with E-state index in [1.807, 2.05) is 19.9 Å². The van der Waals surface area contributed by atoms with Gasteiger partial charge < -0.3 is 20.3 Å². The molecule has 38 heavy (non-hydrogen) atoms. The van der Waals surface area contributed by atoms with Crippen LogP contribution in [0.3, 0.4) is 0 Å². The molecule has 0 aromatic rings. The van der Waals surface area contributed by atoms with Crippen LogP contribution in [-0.2, 0) is 19.1 Å². The van der Waals surface area contributed by atoms with Crippen molar-refractivity contribution < 1.29 is 29.3 Å². The minimum absolute atomic E-state index is 0.0725. The maximum atomic E-state index is 12.0. The number of allylic oxidation sites excluding steroid dienone is 10. The lowest BCUT2D eigenvalue weighted by Crippen LogP contribution is -2.46. The average Bonchev–Trinajstić information content (AvgIpc) is 2.89. The number of unbranched alkanes of at least 4 members (excludes halogenated alkanes) is 1. The summed E-state index contributed by atoms with van der Waals surface area (Å²) < 4.78 is 5.23. The summed E-state index contributed by atoms with van der Waals surface area (Å²) in [5, 5.41) is 21.1. The Bertz CT molecular complexity index is 777. The summed E-state index contributed by atoms with van der Waals surface area (Å²) in [6.45, 7) is 9.17. The van der Waals surface area contributed by atoms with Crippen molar-refractivity contribution in [1.29, 1.82) is 0 Å². The monoisotopic (exact) mass is 533 g/mol. The summed E-state index contributed by atoms with van der Waals surface area (Å²) in [4.78, 5) is 34.4. The Labute approximate surface area is 230 Å². The second-order valence-electron chi connectivity index (χ2n) is 9.09. The van der Waals surface area contributed by atoms with E-state index in [1.165, 1.54) is 0 Å². The first-order valence-electron chi connectivity index (χ1n) is 13.8. The van der Waals surface area contributed by atoms with Gasteiger partial charge in [0.1, 0.15) is 6.10 Å². The first-order chi connectivity index (χ1) is 18.2. The van der Waals surface area contributed by atoms with Gasteiger partial charge >= 0.3 is 11.9 Å². The number of hydrogen-bond acceptors (Lipinski definition) is 5. The number of ether oxygens (including phenoxy) is 1. The molecule has 0 saturated heterocycles. The Morgan fingerprint density at radius 1 is 0.816 bits per heavy atom. The van der Waals surface area contributed by atoms with Crippen molar-refractivity contribution in [1.82, 2.24) is 5.32 Å². The van der Waals surface area contributed by atoms with Crippen LogP contribution in [-0.4, -0.2) is 47.3 Å². The molecular formula is C31H51NO6. The largest absolute Gasteiger partial charge is 0.481 e. The average molecular weight is 534 g/mol. The van der Waals surface area contributed by atoms with Gasteiger partial charge in [-0.05, 0) is 44.9 Å². The summed E-state index contributed by atoms with van der Waals surface area (Å²) in [7, 11) is 0. The van der Waals surface area contributed by atoms with E-state index in [1.54, 1.807) is 13.8 Å². The van der Waals surface area contributed by atoms with Crippen LogP contribution in [0.5, 0.6) is 0 Å². The molecule has 0 bridgehead atoms. The van der Waals surface area contributed by atoms with E-state index in [0.717, 1.165) is 38.5 Å². The number of nitrogens with one attached hydrogen (secondary N) is 1. The van der Waals surface area contributed by atoms with Crippen LogP contribution in [0.25, 0.3) is 0 Å². The molecule has 0 spiro atoms. The highest BCUT2D eigenvalue weighted by atomic mass is 16.5. The van der Waals surface area contributed by atoms with Gasteiger partial charge in [-0.25, -0.2) is 0 Å². The van der Waals surface area contributed by atoms with Gasteiger partial charge in [0.2, 0.25) is 5.91 Å². The van der Waals surface area contributed by atoms with Crippen molar-refractivity contribution in [3.63, 3.8) is 0 Å². The first-order valence-corrected chi connectivity index (χ1v) is 13.8. The summed E-state index contributed by atoms with van der Waals surface area (Å²) >= 11 is 0. The fraction of sp³-hybridized carbons (Fsp3) is 0.581. The van der Waals surface area contributed by atoms with Gasteiger partial charge in [0.15, 0.2) is 0 Å². The number of aliphatic carboxylic acids is 1. The molecule has 0 aromatic heterocycles. The molecule has 0 aromatic carbocycles. The summed E-state index contributed by atoms with van der Waals surface area (Å²) in [6, 6.07) is 0. The highest BCUT2D eigenvalue weighted by Gasteiger charge is 2.34. The van der Waals surface area contributed by atoms with Gasteiger partial charge in [0.25, 0.3) is 0 Å². The molecule has 1 unspecified atom stereocenters. The number of carbonyl (C=O) groups is 3. The lowest BCUT2D eigenvalue weighted by molar-refractivity contribution is -0.153. The second-order valence-corrected chi connectivity index (χ2v) is 9.09. The van der Waals surface area contributed by atoms with Gasteiger partial charge in [-0.15, -0.1) is 0 Å². The SMILES string of the molecule is CC.CC/C=C\C/C=C\C/C=C\C/C=C\C/C=C\CCCC(=O)OCC(C)(C)C(O)C(=O)NCCC(=O)O. The lowest BCUT2D eigenvalue weighted by atomic mass is 9.87. The van der Waals surface area contributed by atoms with E-state index in [-0.39, 0.29) is 32.0 Å². The third kappa shape index (κ3) is 23.5. The molecule has 0 fully saturated rings. The third-order valence-corrected chi connectivity index (χ3v) is 5.14. The van der Waals surface area contributed by atoms with E-state index < -0.39 is 23.4 Å². The van der Waals surface area contributed by atoms with Crippen LogP contribution in [0.4, 0.5) is 0 Å². The lowest BCUT2D eigenvalue weighted by Gasteiger charge is -2.28. The van der Waals surface area contributed by atoms with E-state index in [4.69, 9.17) is 9.84 Å². The van der Waals surface area contributed by atoms with E-state index >= 15 is 0 Å². The number of rotatable bonds is 20. The number of aliphatic hydroxyl groups is 1. The Morgan fingerprint density at radius 2 is 1.29 bits per heavy atom. The van der Waals surface area contributed by atoms with E-state index in [9.17, 15) is 19.5 Å². The zero-order valence-corrected chi connectivity index (χ0v) is 24.2. The highest BCUT2D eigenvalue weighted by molar-refractivity contribution is 5.81. The normalized spacial score (nSPS) is 12.9. The molecule has 216 valence electrons. The number of carboxylic acids is 1. The van der Waals surface area contributed by atoms with Gasteiger partial charge in [-0.1, -0.05) is 95.4 Å². The summed E-state index contributed by atoms with van der Waals surface area (Å²) in [5.41, 5.74) is -0.993. The van der Waals surface area contributed by atoms with Crippen LogP contribution in [0.15, 0.2) is 60.8 Å². The van der Waals surface area contributed by atoms with Crippen molar-refractivity contribution >= 4 is 17.8 Å². The molecule has 7 nitrogen and oxygen atoms in total. The number of hydrogen-bond donors (Lipinski definition) is 3. The number of carboxylic acid groups (broad SMARTS) is 1. The number of aliphatic hydroxyl groups excluding tert-OH is 1. The molecule has 0 aliphatic carbocycles. The fourth-order valence-corrected chi connectivity index (χ4v) is 2.89. The molecular weight excluding hydrogens is 482 g/mol. The predicted octanol–water partition coefficient (Wildman–Crippen LogP) is 6.46. The van der Waals surface area contributed by atoms with E-state index in [2.05, 4.69) is 66.9 Å². The predicted molar refractivity (Wildman–Crippen MR) is 156 cm³/mol.